The number of hydrogen-bond acceptors (Lipinski definition) is 3. The summed E-state index contributed by atoms with van der Waals surface area (Å²) in [5.74, 6) is 2.32. The molecule has 0 bridgehead atoms. The van der Waals surface area contributed by atoms with Crippen molar-refractivity contribution in [2.45, 2.75) is 18.2 Å². The first-order chi connectivity index (χ1) is 7.62. The van der Waals surface area contributed by atoms with Gasteiger partial charge in [-0.1, -0.05) is 22.9 Å². The summed E-state index contributed by atoms with van der Waals surface area (Å²) in [6.45, 7) is 2.09. The minimum atomic E-state index is 0.365. The van der Waals surface area contributed by atoms with E-state index in [1.807, 2.05) is 12.1 Å². The van der Waals surface area contributed by atoms with Gasteiger partial charge in [0.2, 0.25) is 0 Å². The Labute approximate surface area is 105 Å². The maximum atomic E-state index is 5.35. The number of rotatable bonds is 5. The van der Waals surface area contributed by atoms with E-state index in [4.69, 9.17) is 14.2 Å². The average Bonchev–Trinajstić information content (AvgIpc) is 2.28. The number of methoxy groups -OCH3 is 3. The van der Waals surface area contributed by atoms with E-state index in [0.29, 0.717) is 4.83 Å². The highest BCUT2D eigenvalue weighted by atomic mass is 79.9. The molecule has 0 amide bonds. The summed E-state index contributed by atoms with van der Waals surface area (Å²) >= 11 is 3.53. The molecule has 4 heteroatoms. The molecular weight excluding hydrogens is 272 g/mol. The lowest BCUT2D eigenvalue weighted by Gasteiger charge is -2.15. The molecule has 0 aliphatic carbocycles. The molecule has 1 unspecified atom stereocenters. The van der Waals surface area contributed by atoms with Gasteiger partial charge in [0.1, 0.15) is 17.2 Å². The maximum Gasteiger partial charge on any atom is 0.129 e. The van der Waals surface area contributed by atoms with Gasteiger partial charge >= 0.3 is 0 Å². The van der Waals surface area contributed by atoms with E-state index in [1.165, 1.54) is 0 Å². The molecule has 90 valence electrons. The molecule has 1 aromatic carbocycles. The van der Waals surface area contributed by atoms with Gasteiger partial charge in [-0.25, -0.2) is 0 Å². The van der Waals surface area contributed by atoms with Gasteiger partial charge < -0.3 is 14.2 Å². The molecule has 1 rings (SSSR count). The minimum absolute atomic E-state index is 0.365. The third-order valence-electron chi connectivity index (χ3n) is 2.30. The van der Waals surface area contributed by atoms with Crippen molar-refractivity contribution in [2.75, 3.05) is 21.3 Å². The Morgan fingerprint density at radius 3 is 1.88 bits per heavy atom. The minimum Gasteiger partial charge on any atom is -0.496 e. The first-order valence-corrected chi connectivity index (χ1v) is 5.96. The lowest BCUT2D eigenvalue weighted by molar-refractivity contribution is 0.368. The monoisotopic (exact) mass is 288 g/mol. The van der Waals surface area contributed by atoms with Crippen LogP contribution in [0.2, 0.25) is 0 Å². The highest BCUT2D eigenvalue weighted by molar-refractivity contribution is 9.09. The molecule has 1 aromatic rings. The van der Waals surface area contributed by atoms with Crippen LogP contribution in [0.15, 0.2) is 12.1 Å². The van der Waals surface area contributed by atoms with Crippen molar-refractivity contribution in [3.05, 3.63) is 17.7 Å². The van der Waals surface area contributed by atoms with E-state index < -0.39 is 0 Å². The van der Waals surface area contributed by atoms with Gasteiger partial charge in [0.05, 0.1) is 21.3 Å². The molecule has 0 saturated carbocycles. The van der Waals surface area contributed by atoms with Crippen LogP contribution in [0.5, 0.6) is 17.2 Å². The second kappa shape index (κ2) is 5.99. The average molecular weight is 289 g/mol. The molecule has 0 saturated heterocycles. The summed E-state index contributed by atoms with van der Waals surface area (Å²) in [5, 5.41) is 0. The van der Waals surface area contributed by atoms with E-state index in [1.54, 1.807) is 21.3 Å². The number of hydrogen-bond donors (Lipinski definition) is 0. The Morgan fingerprint density at radius 1 is 1.06 bits per heavy atom. The third-order valence-corrected chi connectivity index (χ3v) is 2.63. The van der Waals surface area contributed by atoms with Crippen LogP contribution in [-0.4, -0.2) is 26.2 Å². The molecule has 0 spiro atoms. The summed E-state index contributed by atoms with van der Waals surface area (Å²) in [6.07, 6.45) is 0.844. The molecule has 0 N–H and O–H groups in total. The second-order valence-electron chi connectivity index (χ2n) is 3.50. The first-order valence-electron chi connectivity index (χ1n) is 5.05. The number of benzene rings is 1. The maximum absolute atomic E-state index is 5.35. The van der Waals surface area contributed by atoms with E-state index in [-0.39, 0.29) is 0 Å². The van der Waals surface area contributed by atoms with Crippen molar-refractivity contribution in [1.82, 2.24) is 0 Å². The zero-order valence-corrected chi connectivity index (χ0v) is 11.6. The van der Waals surface area contributed by atoms with Crippen LogP contribution < -0.4 is 14.2 Å². The lowest BCUT2D eigenvalue weighted by atomic mass is 10.1. The zero-order valence-electron chi connectivity index (χ0n) is 10.0. The van der Waals surface area contributed by atoms with Crippen LogP contribution in [0.4, 0.5) is 0 Å². The molecule has 0 aliphatic rings. The molecular formula is C12H17BrO3. The SMILES string of the molecule is COc1cc(OC)c(CC(C)Br)c(OC)c1. The normalized spacial score (nSPS) is 12.1. The molecule has 0 heterocycles. The van der Waals surface area contributed by atoms with E-state index >= 15 is 0 Å². The number of alkyl halides is 1. The zero-order chi connectivity index (χ0) is 12.1. The van der Waals surface area contributed by atoms with E-state index in [9.17, 15) is 0 Å². The molecule has 0 aromatic heterocycles. The van der Waals surface area contributed by atoms with Crippen LogP contribution in [-0.2, 0) is 6.42 Å². The Balaban J connectivity index is 3.20. The van der Waals surface area contributed by atoms with Crippen molar-refractivity contribution >= 4 is 15.9 Å². The summed E-state index contributed by atoms with van der Waals surface area (Å²) in [6, 6.07) is 3.74. The Kier molecular flexibility index (Phi) is 4.93. The van der Waals surface area contributed by atoms with Crippen LogP contribution >= 0.6 is 15.9 Å². The molecule has 0 fully saturated rings. The largest absolute Gasteiger partial charge is 0.496 e. The molecule has 1 atom stereocenters. The molecule has 0 radical (unpaired) electrons. The number of ether oxygens (including phenoxy) is 3. The van der Waals surface area contributed by atoms with Gasteiger partial charge in [0.15, 0.2) is 0 Å². The van der Waals surface area contributed by atoms with Gasteiger partial charge in [0, 0.05) is 22.5 Å². The molecule has 3 nitrogen and oxygen atoms in total. The van der Waals surface area contributed by atoms with Crippen LogP contribution in [0.25, 0.3) is 0 Å². The Hall–Kier alpha value is -0.900. The third kappa shape index (κ3) is 3.04. The predicted molar refractivity (Wildman–Crippen MR) is 68.2 cm³/mol. The standard InChI is InChI=1S/C12H17BrO3/c1-8(13)5-10-11(15-3)6-9(14-2)7-12(10)16-4/h6-8H,5H2,1-4H3. The summed E-state index contributed by atoms with van der Waals surface area (Å²) in [4.78, 5) is 0.365. The van der Waals surface area contributed by atoms with Gasteiger partial charge in [-0.15, -0.1) is 0 Å². The quantitative estimate of drug-likeness (QED) is 0.780. The van der Waals surface area contributed by atoms with Crippen molar-refractivity contribution < 1.29 is 14.2 Å². The van der Waals surface area contributed by atoms with Crippen molar-refractivity contribution in [1.29, 1.82) is 0 Å². The van der Waals surface area contributed by atoms with Crippen molar-refractivity contribution in [2.24, 2.45) is 0 Å². The summed E-state index contributed by atoms with van der Waals surface area (Å²) in [7, 11) is 4.92. The summed E-state index contributed by atoms with van der Waals surface area (Å²) in [5.41, 5.74) is 1.05. The summed E-state index contributed by atoms with van der Waals surface area (Å²) < 4.78 is 15.9. The van der Waals surface area contributed by atoms with Gasteiger partial charge in [-0.2, -0.15) is 0 Å². The first kappa shape index (κ1) is 13.2. The molecule has 16 heavy (non-hydrogen) atoms. The fourth-order valence-corrected chi connectivity index (χ4v) is 1.88. The number of halogens is 1. The van der Waals surface area contributed by atoms with Gasteiger partial charge in [0.25, 0.3) is 0 Å². The Bertz CT molecular complexity index is 325. The lowest BCUT2D eigenvalue weighted by Crippen LogP contribution is -2.03. The Morgan fingerprint density at radius 2 is 1.56 bits per heavy atom. The van der Waals surface area contributed by atoms with Crippen LogP contribution in [0.1, 0.15) is 12.5 Å². The fourth-order valence-electron chi connectivity index (χ4n) is 1.56. The second-order valence-corrected chi connectivity index (χ2v) is 5.06. The van der Waals surface area contributed by atoms with Gasteiger partial charge in [-0.05, 0) is 6.42 Å². The smallest absolute Gasteiger partial charge is 0.129 e. The molecule has 0 aliphatic heterocycles. The van der Waals surface area contributed by atoms with Crippen molar-refractivity contribution in [3.8, 4) is 17.2 Å². The fraction of sp³-hybridized carbons (Fsp3) is 0.500. The topological polar surface area (TPSA) is 27.7 Å². The van der Waals surface area contributed by atoms with Gasteiger partial charge in [-0.3, -0.25) is 0 Å². The van der Waals surface area contributed by atoms with Crippen molar-refractivity contribution in [3.63, 3.8) is 0 Å². The highest BCUT2D eigenvalue weighted by Gasteiger charge is 2.14. The van der Waals surface area contributed by atoms with Crippen LogP contribution in [0.3, 0.4) is 0 Å². The van der Waals surface area contributed by atoms with E-state index in [0.717, 1.165) is 29.2 Å². The van der Waals surface area contributed by atoms with Crippen LogP contribution in [0, 0.1) is 0 Å². The highest BCUT2D eigenvalue weighted by Crippen LogP contribution is 2.35. The van der Waals surface area contributed by atoms with E-state index in [2.05, 4.69) is 22.9 Å². The predicted octanol–water partition coefficient (Wildman–Crippen LogP) is 3.04.